The minimum atomic E-state index is -1.02. The predicted molar refractivity (Wildman–Crippen MR) is 179 cm³/mol. The molecule has 3 aromatic carbocycles. The Hall–Kier alpha value is -5.19. The maximum Gasteiger partial charge on any atom is 0.411 e. The van der Waals surface area contributed by atoms with E-state index >= 15 is 0 Å². The number of rotatable bonds is 14. The summed E-state index contributed by atoms with van der Waals surface area (Å²) in [5.41, 5.74) is 3.08. The minimum Gasteiger partial charge on any atom is -0.466 e. The van der Waals surface area contributed by atoms with E-state index in [1.807, 2.05) is 48.5 Å². The number of nitrogens with zero attached hydrogens (tertiary/aromatic N) is 4. The van der Waals surface area contributed by atoms with Gasteiger partial charge in [-0.3, -0.25) is 19.7 Å². The number of esters is 1. The highest BCUT2D eigenvalue weighted by Crippen LogP contribution is 2.21. The van der Waals surface area contributed by atoms with Gasteiger partial charge in [0.05, 0.1) is 24.4 Å². The molecule has 0 saturated heterocycles. The number of nitrogens with one attached hydrogen (secondary N) is 3. The van der Waals surface area contributed by atoms with Crippen molar-refractivity contribution in [1.82, 2.24) is 25.5 Å². The van der Waals surface area contributed by atoms with Crippen LogP contribution in [0.15, 0.2) is 79.1 Å². The first kappa shape index (κ1) is 34.7. The Morgan fingerprint density at radius 1 is 1.00 bits per heavy atom. The van der Waals surface area contributed by atoms with Crippen molar-refractivity contribution in [2.24, 2.45) is 0 Å². The van der Waals surface area contributed by atoms with Crippen LogP contribution in [0.5, 0.6) is 0 Å². The summed E-state index contributed by atoms with van der Waals surface area (Å²) in [5.74, 6) is -2.49. The third-order valence-corrected chi connectivity index (χ3v) is 7.37. The summed E-state index contributed by atoms with van der Waals surface area (Å²) in [6.07, 6.45) is 3.43. The number of hydrogen-bond acceptors (Lipinski definition) is 9. The lowest BCUT2D eigenvalue weighted by molar-refractivity contribution is -0.143. The third kappa shape index (κ3) is 10.7. The standard InChI is InChI=1S/C32H31FIN7O6/c1-2-46-30(43)14-15-47-32(45)38-26-11-10-24(18-25(26)33)36-31(44)27(17-21-6-4-3-5-7-21)37-29(42)13-9-23-16-22(19-34)8-12-28(23)41-20-35-39-40-41/h3-13,16,18,20,27H,2,14-15,17,19H2,1H3,(H,36,44)(H,37,42)(H,38,45)/b13-9+/t27-/m0/s1. The molecule has 0 unspecified atom stereocenters. The highest BCUT2D eigenvalue weighted by Gasteiger charge is 2.22. The average molecular weight is 756 g/mol. The van der Waals surface area contributed by atoms with Crippen molar-refractivity contribution in [3.8, 4) is 5.69 Å². The van der Waals surface area contributed by atoms with Gasteiger partial charge in [-0.1, -0.05) is 59.0 Å². The van der Waals surface area contributed by atoms with Crippen LogP contribution >= 0.6 is 22.6 Å². The molecular formula is C32H31FIN7O6. The third-order valence-electron chi connectivity index (χ3n) is 6.49. The van der Waals surface area contributed by atoms with Crippen molar-refractivity contribution >= 4 is 63.9 Å². The summed E-state index contributed by atoms with van der Waals surface area (Å²) in [5, 5.41) is 18.9. The molecular weight excluding hydrogens is 724 g/mol. The average Bonchev–Trinajstić information content (AvgIpc) is 3.60. The zero-order valence-electron chi connectivity index (χ0n) is 25.2. The number of halogens is 2. The molecule has 0 aliphatic rings. The van der Waals surface area contributed by atoms with E-state index in [2.05, 4.69) is 54.1 Å². The molecule has 244 valence electrons. The topological polar surface area (TPSA) is 166 Å². The fraction of sp³-hybridized carbons (Fsp3) is 0.219. The van der Waals surface area contributed by atoms with Crippen LogP contribution in [0.3, 0.4) is 0 Å². The van der Waals surface area contributed by atoms with Gasteiger partial charge in [-0.25, -0.2) is 9.18 Å². The second-order valence-electron chi connectivity index (χ2n) is 9.87. The van der Waals surface area contributed by atoms with Crippen molar-refractivity contribution in [3.05, 3.63) is 102 Å². The highest BCUT2D eigenvalue weighted by molar-refractivity contribution is 14.1. The quantitative estimate of drug-likeness (QED) is 0.0721. The van der Waals surface area contributed by atoms with Gasteiger partial charge < -0.3 is 20.1 Å². The number of amides is 3. The Balaban J connectivity index is 1.43. The fourth-order valence-corrected chi connectivity index (χ4v) is 4.75. The number of ether oxygens (including phenoxy) is 2. The molecule has 0 aliphatic heterocycles. The van der Waals surface area contributed by atoms with Gasteiger partial charge >= 0.3 is 12.1 Å². The van der Waals surface area contributed by atoms with E-state index in [0.29, 0.717) is 11.3 Å². The lowest BCUT2D eigenvalue weighted by Gasteiger charge is -2.18. The van der Waals surface area contributed by atoms with Crippen molar-refractivity contribution < 1.29 is 33.0 Å². The Labute approximate surface area is 283 Å². The van der Waals surface area contributed by atoms with E-state index in [4.69, 9.17) is 9.47 Å². The van der Waals surface area contributed by atoms with Crippen molar-refractivity contribution in [1.29, 1.82) is 0 Å². The Morgan fingerprint density at radius 3 is 2.51 bits per heavy atom. The van der Waals surface area contributed by atoms with Gasteiger partial charge in [0.2, 0.25) is 11.8 Å². The second-order valence-corrected chi connectivity index (χ2v) is 10.6. The SMILES string of the molecule is CCOC(=O)CCOC(=O)Nc1ccc(NC(=O)[C@H](Cc2ccccc2)NC(=O)/C=C/c2cc(CI)ccc2-n2cnnn2)cc1F. The zero-order chi connectivity index (χ0) is 33.6. The molecule has 15 heteroatoms. The molecule has 3 N–H and O–H groups in total. The fourth-order valence-electron chi connectivity index (χ4n) is 4.28. The molecule has 47 heavy (non-hydrogen) atoms. The van der Waals surface area contributed by atoms with Crippen LogP contribution in [-0.2, 0) is 34.7 Å². The van der Waals surface area contributed by atoms with Gasteiger partial charge in [-0.2, -0.15) is 4.68 Å². The van der Waals surface area contributed by atoms with Gasteiger partial charge in [-0.15, -0.1) is 5.10 Å². The highest BCUT2D eigenvalue weighted by atomic mass is 127. The molecule has 1 aromatic heterocycles. The van der Waals surface area contributed by atoms with E-state index < -0.39 is 35.7 Å². The van der Waals surface area contributed by atoms with Gasteiger partial charge in [0.25, 0.3) is 0 Å². The monoisotopic (exact) mass is 755 g/mol. The molecule has 0 fully saturated rings. The smallest absolute Gasteiger partial charge is 0.411 e. The van der Waals surface area contributed by atoms with E-state index in [1.165, 1.54) is 29.2 Å². The summed E-state index contributed by atoms with van der Waals surface area (Å²) >= 11 is 2.24. The number of hydrogen-bond donors (Lipinski definition) is 3. The summed E-state index contributed by atoms with van der Waals surface area (Å²) in [7, 11) is 0. The first-order valence-electron chi connectivity index (χ1n) is 14.4. The molecule has 1 heterocycles. The van der Waals surface area contributed by atoms with E-state index in [0.717, 1.165) is 21.6 Å². The predicted octanol–water partition coefficient (Wildman–Crippen LogP) is 4.62. The first-order chi connectivity index (χ1) is 22.7. The minimum absolute atomic E-state index is 0.0956. The van der Waals surface area contributed by atoms with E-state index in [9.17, 15) is 23.6 Å². The number of alkyl halides is 1. The molecule has 3 amide bonds. The van der Waals surface area contributed by atoms with Gasteiger partial charge in [0.15, 0.2) is 0 Å². The van der Waals surface area contributed by atoms with Crippen LogP contribution < -0.4 is 16.0 Å². The lowest BCUT2D eigenvalue weighted by atomic mass is 10.0. The molecule has 0 saturated carbocycles. The number of anilines is 2. The van der Waals surface area contributed by atoms with Crippen LogP contribution in [0.4, 0.5) is 20.6 Å². The molecule has 13 nitrogen and oxygen atoms in total. The second kappa shape index (κ2) is 17.5. The van der Waals surface area contributed by atoms with Gasteiger partial charge in [0, 0.05) is 28.2 Å². The van der Waals surface area contributed by atoms with Crippen LogP contribution in [0.2, 0.25) is 0 Å². The maximum absolute atomic E-state index is 14.8. The molecule has 4 aromatic rings. The number of carbonyl (C=O) groups is 4. The lowest BCUT2D eigenvalue weighted by Crippen LogP contribution is -2.44. The molecule has 0 radical (unpaired) electrons. The van der Waals surface area contributed by atoms with Crippen molar-refractivity contribution in [3.63, 3.8) is 0 Å². The Bertz CT molecular complexity index is 1720. The van der Waals surface area contributed by atoms with Crippen LogP contribution in [-0.4, -0.2) is 63.3 Å². The molecule has 4 rings (SSSR count). The summed E-state index contributed by atoms with van der Waals surface area (Å²) in [6, 6.07) is 17.4. The Morgan fingerprint density at radius 2 is 1.81 bits per heavy atom. The largest absolute Gasteiger partial charge is 0.466 e. The van der Waals surface area contributed by atoms with E-state index in [1.54, 1.807) is 13.0 Å². The number of carbonyl (C=O) groups excluding carboxylic acids is 4. The van der Waals surface area contributed by atoms with Gasteiger partial charge in [0.1, 0.15) is 24.8 Å². The number of benzene rings is 3. The van der Waals surface area contributed by atoms with Crippen LogP contribution in [0.1, 0.15) is 30.0 Å². The summed E-state index contributed by atoms with van der Waals surface area (Å²) < 4.78 is 26.7. The van der Waals surface area contributed by atoms with Gasteiger partial charge in [-0.05, 0) is 64.9 Å². The Kier molecular flexibility index (Phi) is 12.9. The zero-order valence-corrected chi connectivity index (χ0v) is 27.3. The molecule has 0 bridgehead atoms. The molecule has 1 atom stereocenters. The van der Waals surface area contributed by atoms with Crippen molar-refractivity contribution in [2.75, 3.05) is 23.8 Å². The summed E-state index contributed by atoms with van der Waals surface area (Å²) in [4.78, 5) is 49.9. The first-order valence-corrected chi connectivity index (χ1v) is 15.9. The van der Waals surface area contributed by atoms with Crippen LogP contribution in [0, 0.1) is 5.82 Å². The normalized spacial score (nSPS) is 11.5. The number of aromatic nitrogens is 4. The van der Waals surface area contributed by atoms with E-state index in [-0.39, 0.29) is 37.4 Å². The molecule has 0 spiro atoms. The maximum atomic E-state index is 14.8. The number of tetrazole rings is 1. The van der Waals surface area contributed by atoms with Crippen molar-refractivity contribution in [2.45, 2.75) is 30.2 Å². The van der Waals surface area contributed by atoms with Crippen LogP contribution in [0.25, 0.3) is 11.8 Å². The summed E-state index contributed by atoms with van der Waals surface area (Å²) in [6.45, 7) is 1.62. The molecule has 0 aliphatic carbocycles.